The van der Waals surface area contributed by atoms with E-state index in [1.165, 1.54) is 0 Å². The Kier molecular flexibility index (Phi) is 2.13. The lowest BCUT2D eigenvalue weighted by atomic mass is 10.1. The summed E-state index contributed by atoms with van der Waals surface area (Å²) in [4.78, 5) is 4.20. The average Bonchev–Trinajstić information content (AvgIpc) is 1.96. The minimum absolute atomic E-state index is 0.345. The van der Waals surface area contributed by atoms with Crippen LogP contribution in [-0.4, -0.2) is 10.1 Å². The van der Waals surface area contributed by atoms with E-state index in [-0.39, 0.29) is 0 Å². The van der Waals surface area contributed by atoms with Gasteiger partial charge < -0.3 is 5.11 Å². The van der Waals surface area contributed by atoms with Crippen LogP contribution in [0.15, 0.2) is 6.07 Å². The molecule has 1 aromatic heterocycles. The highest BCUT2D eigenvalue weighted by atomic mass is 16.3. The molecule has 0 bridgehead atoms. The van der Waals surface area contributed by atoms with Gasteiger partial charge in [-0.05, 0) is 31.9 Å². The minimum atomic E-state index is 0.345. The first-order chi connectivity index (χ1) is 5.15. The van der Waals surface area contributed by atoms with Crippen LogP contribution in [0.5, 0.6) is 5.75 Å². The zero-order chi connectivity index (χ0) is 8.43. The Bertz CT molecular complexity index is 269. The lowest BCUT2D eigenvalue weighted by Crippen LogP contribution is -1.92. The van der Waals surface area contributed by atoms with Crippen LogP contribution in [-0.2, 0) is 6.42 Å². The molecule has 0 aliphatic rings. The third-order valence-electron chi connectivity index (χ3n) is 1.72. The van der Waals surface area contributed by atoms with E-state index >= 15 is 0 Å². The maximum atomic E-state index is 9.46. The first-order valence-electron chi connectivity index (χ1n) is 3.81. The number of hydrogen-bond donors (Lipinski definition) is 1. The molecule has 0 radical (unpaired) electrons. The third-order valence-corrected chi connectivity index (χ3v) is 1.72. The highest BCUT2D eigenvalue weighted by Gasteiger charge is 2.03. The molecule has 2 nitrogen and oxygen atoms in total. The van der Waals surface area contributed by atoms with Crippen molar-refractivity contribution in [3.8, 4) is 5.75 Å². The van der Waals surface area contributed by atoms with E-state index in [1.54, 1.807) is 0 Å². The normalized spacial score (nSPS) is 10.1. The molecule has 0 fully saturated rings. The second-order valence-corrected chi connectivity index (χ2v) is 2.73. The Morgan fingerprint density at radius 3 is 2.64 bits per heavy atom. The van der Waals surface area contributed by atoms with Gasteiger partial charge in [0.2, 0.25) is 0 Å². The van der Waals surface area contributed by atoms with Gasteiger partial charge in [0.1, 0.15) is 5.75 Å². The fourth-order valence-electron chi connectivity index (χ4n) is 1.15. The second-order valence-electron chi connectivity index (χ2n) is 2.73. The van der Waals surface area contributed by atoms with Crippen molar-refractivity contribution < 1.29 is 5.11 Å². The van der Waals surface area contributed by atoms with Crippen molar-refractivity contribution in [2.45, 2.75) is 27.2 Å². The molecule has 0 spiro atoms. The molecular weight excluding hydrogens is 138 g/mol. The van der Waals surface area contributed by atoms with E-state index in [9.17, 15) is 5.11 Å². The van der Waals surface area contributed by atoms with E-state index in [1.807, 2.05) is 26.8 Å². The smallest absolute Gasteiger partial charge is 0.139 e. The quantitative estimate of drug-likeness (QED) is 0.665. The Hall–Kier alpha value is -1.05. The maximum Gasteiger partial charge on any atom is 0.139 e. The van der Waals surface area contributed by atoms with Gasteiger partial charge in [-0.25, -0.2) is 0 Å². The van der Waals surface area contributed by atoms with Gasteiger partial charge in [0.15, 0.2) is 0 Å². The van der Waals surface area contributed by atoms with Gasteiger partial charge in [-0.15, -0.1) is 0 Å². The highest BCUT2D eigenvalue weighted by Crippen LogP contribution is 2.20. The summed E-state index contributed by atoms with van der Waals surface area (Å²) in [6.45, 7) is 5.82. The van der Waals surface area contributed by atoms with Crippen LogP contribution in [0.4, 0.5) is 0 Å². The standard InChI is InChI=1S/C9H13NO/c1-4-8-9(11)6(2)5-7(3)10-8/h5,11H,4H2,1-3H3. The fraction of sp³-hybridized carbons (Fsp3) is 0.444. The van der Waals surface area contributed by atoms with E-state index in [0.717, 1.165) is 23.4 Å². The summed E-state index contributed by atoms with van der Waals surface area (Å²) in [7, 11) is 0. The number of aromatic nitrogens is 1. The summed E-state index contributed by atoms with van der Waals surface area (Å²) in [6.07, 6.45) is 0.786. The van der Waals surface area contributed by atoms with Crippen molar-refractivity contribution in [2.24, 2.45) is 0 Å². The summed E-state index contributed by atoms with van der Waals surface area (Å²) in [5.74, 6) is 0.345. The van der Waals surface area contributed by atoms with Crippen molar-refractivity contribution in [3.63, 3.8) is 0 Å². The van der Waals surface area contributed by atoms with Crippen LogP contribution in [0.25, 0.3) is 0 Å². The Labute approximate surface area is 66.9 Å². The predicted molar refractivity (Wildman–Crippen MR) is 44.8 cm³/mol. The maximum absolute atomic E-state index is 9.46. The van der Waals surface area contributed by atoms with Crippen molar-refractivity contribution >= 4 is 0 Å². The summed E-state index contributed by atoms with van der Waals surface area (Å²) in [5.41, 5.74) is 2.68. The van der Waals surface area contributed by atoms with E-state index < -0.39 is 0 Å². The molecule has 0 aliphatic heterocycles. The molecule has 1 N–H and O–H groups in total. The van der Waals surface area contributed by atoms with Gasteiger partial charge in [0.25, 0.3) is 0 Å². The molecule has 0 aromatic carbocycles. The topological polar surface area (TPSA) is 33.1 Å². The van der Waals surface area contributed by atoms with Gasteiger partial charge in [-0.1, -0.05) is 6.92 Å². The number of aryl methyl sites for hydroxylation is 3. The predicted octanol–water partition coefficient (Wildman–Crippen LogP) is 1.97. The zero-order valence-electron chi connectivity index (χ0n) is 7.18. The summed E-state index contributed by atoms with van der Waals surface area (Å²) >= 11 is 0. The minimum Gasteiger partial charge on any atom is -0.506 e. The molecule has 60 valence electrons. The van der Waals surface area contributed by atoms with Crippen LogP contribution in [0, 0.1) is 13.8 Å². The monoisotopic (exact) mass is 151 g/mol. The third kappa shape index (κ3) is 1.50. The molecule has 0 aliphatic carbocycles. The Balaban J connectivity index is 3.24. The molecule has 1 aromatic rings. The lowest BCUT2D eigenvalue weighted by Gasteiger charge is -2.04. The van der Waals surface area contributed by atoms with Crippen LogP contribution in [0.1, 0.15) is 23.9 Å². The van der Waals surface area contributed by atoms with Crippen molar-refractivity contribution in [2.75, 3.05) is 0 Å². The van der Waals surface area contributed by atoms with E-state index in [0.29, 0.717) is 5.75 Å². The number of nitrogens with zero attached hydrogens (tertiary/aromatic N) is 1. The van der Waals surface area contributed by atoms with Gasteiger partial charge in [-0.2, -0.15) is 0 Å². The molecule has 0 unspecified atom stereocenters. The molecule has 1 heterocycles. The van der Waals surface area contributed by atoms with Gasteiger partial charge in [0.05, 0.1) is 5.69 Å². The van der Waals surface area contributed by atoms with Crippen LogP contribution >= 0.6 is 0 Å². The van der Waals surface area contributed by atoms with Crippen LogP contribution in [0.3, 0.4) is 0 Å². The van der Waals surface area contributed by atoms with Crippen LogP contribution in [0.2, 0.25) is 0 Å². The Morgan fingerprint density at radius 2 is 2.09 bits per heavy atom. The van der Waals surface area contributed by atoms with Crippen molar-refractivity contribution in [1.29, 1.82) is 0 Å². The molecular formula is C9H13NO. The SMILES string of the molecule is CCc1nc(C)cc(C)c1O. The first-order valence-corrected chi connectivity index (χ1v) is 3.81. The largest absolute Gasteiger partial charge is 0.506 e. The number of pyridine rings is 1. The van der Waals surface area contributed by atoms with Gasteiger partial charge in [-0.3, -0.25) is 4.98 Å². The molecule has 0 atom stereocenters. The molecule has 2 heteroatoms. The molecule has 0 saturated carbocycles. The average molecular weight is 151 g/mol. The zero-order valence-corrected chi connectivity index (χ0v) is 7.18. The molecule has 11 heavy (non-hydrogen) atoms. The van der Waals surface area contributed by atoms with Crippen molar-refractivity contribution in [1.82, 2.24) is 4.98 Å². The van der Waals surface area contributed by atoms with E-state index in [2.05, 4.69) is 4.98 Å². The Morgan fingerprint density at radius 1 is 1.45 bits per heavy atom. The highest BCUT2D eigenvalue weighted by molar-refractivity contribution is 5.36. The number of aromatic hydroxyl groups is 1. The van der Waals surface area contributed by atoms with Crippen LogP contribution < -0.4 is 0 Å². The second kappa shape index (κ2) is 2.91. The molecule has 0 saturated heterocycles. The molecule has 0 amide bonds. The summed E-state index contributed by atoms with van der Waals surface area (Å²) < 4.78 is 0. The molecule has 1 rings (SSSR count). The lowest BCUT2D eigenvalue weighted by molar-refractivity contribution is 0.460. The first kappa shape index (κ1) is 8.05. The summed E-state index contributed by atoms with van der Waals surface area (Å²) in [5, 5.41) is 9.46. The summed E-state index contributed by atoms with van der Waals surface area (Å²) in [6, 6.07) is 1.88. The van der Waals surface area contributed by atoms with Crippen molar-refractivity contribution in [3.05, 3.63) is 23.0 Å². The van der Waals surface area contributed by atoms with Gasteiger partial charge >= 0.3 is 0 Å². The van der Waals surface area contributed by atoms with E-state index in [4.69, 9.17) is 0 Å². The van der Waals surface area contributed by atoms with Gasteiger partial charge in [0, 0.05) is 5.69 Å². The fourth-order valence-corrected chi connectivity index (χ4v) is 1.15. The number of hydrogen-bond acceptors (Lipinski definition) is 2. The number of rotatable bonds is 1.